The van der Waals surface area contributed by atoms with Gasteiger partial charge in [0.1, 0.15) is 5.69 Å². The zero-order valence-corrected chi connectivity index (χ0v) is 16.6. The summed E-state index contributed by atoms with van der Waals surface area (Å²) in [5.74, 6) is 3.70. The molecule has 0 aromatic carbocycles. The first-order chi connectivity index (χ1) is 13.2. The van der Waals surface area contributed by atoms with Crippen LogP contribution in [-0.2, 0) is 6.42 Å². The molecule has 2 aromatic heterocycles. The third kappa shape index (κ3) is 5.52. The van der Waals surface area contributed by atoms with Gasteiger partial charge in [-0.3, -0.25) is 9.98 Å². The Kier molecular flexibility index (Phi) is 6.79. The average molecular weight is 371 g/mol. The van der Waals surface area contributed by atoms with Crippen molar-refractivity contribution < 1.29 is 4.52 Å². The second-order valence-electron chi connectivity index (χ2n) is 7.46. The lowest BCUT2D eigenvalue weighted by Gasteiger charge is -2.31. The van der Waals surface area contributed by atoms with Crippen LogP contribution >= 0.6 is 0 Å². The van der Waals surface area contributed by atoms with Crippen molar-refractivity contribution in [3.8, 4) is 11.6 Å². The predicted octanol–water partition coefficient (Wildman–Crippen LogP) is 3.01. The standard InChI is InChI=1S/C20H30N6O/c1-15-7-9-16(10-8-15)14-26(3)20(21-2)23-13-11-18-24-19(27-25-18)17-6-4-5-12-22-17/h4-6,12,15-16H,7-11,13-14H2,1-3H3,(H,21,23). The minimum atomic E-state index is 0.457. The van der Waals surface area contributed by atoms with E-state index in [2.05, 4.69) is 44.3 Å². The topological polar surface area (TPSA) is 79.4 Å². The van der Waals surface area contributed by atoms with E-state index in [1.54, 1.807) is 6.20 Å². The Balaban J connectivity index is 1.45. The van der Waals surface area contributed by atoms with Crippen LogP contribution < -0.4 is 5.32 Å². The zero-order valence-electron chi connectivity index (χ0n) is 16.6. The van der Waals surface area contributed by atoms with Crippen molar-refractivity contribution in [1.29, 1.82) is 0 Å². The summed E-state index contributed by atoms with van der Waals surface area (Å²) >= 11 is 0. The fourth-order valence-electron chi connectivity index (χ4n) is 3.61. The molecule has 1 aliphatic rings. The molecule has 1 N–H and O–H groups in total. The van der Waals surface area contributed by atoms with Gasteiger partial charge in [0.15, 0.2) is 11.8 Å². The van der Waals surface area contributed by atoms with Gasteiger partial charge in [-0.05, 0) is 36.8 Å². The molecule has 1 fully saturated rings. The highest BCUT2D eigenvalue weighted by Gasteiger charge is 2.20. The number of aromatic nitrogens is 3. The van der Waals surface area contributed by atoms with E-state index in [0.29, 0.717) is 30.4 Å². The van der Waals surface area contributed by atoms with Crippen LogP contribution in [-0.4, -0.2) is 53.2 Å². The van der Waals surface area contributed by atoms with Crippen LogP contribution in [0.2, 0.25) is 0 Å². The van der Waals surface area contributed by atoms with E-state index in [0.717, 1.165) is 24.3 Å². The van der Waals surface area contributed by atoms with Crippen molar-refractivity contribution in [3.63, 3.8) is 0 Å². The molecule has 1 saturated carbocycles. The summed E-state index contributed by atoms with van der Waals surface area (Å²) < 4.78 is 5.30. The summed E-state index contributed by atoms with van der Waals surface area (Å²) in [6.45, 7) is 4.12. The second kappa shape index (κ2) is 9.48. The third-order valence-corrected chi connectivity index (χ3v) is 5.22. The minimum Gasteiger partial charge on any atom is -0.356 e. The van der Waals surface area contributed by atoms with Crippen molar-refractivity contribution in [2.75, 3.05) is 27.2 Å². The van der Waals surface area contributed by atoms with E-state index in [1.165, 1.54) is 25.7 Å². The number of nitrogens with one attached hydrogen (secondary N) is 1. The molecule has 2 heterocycles. The molecule has 0 aliphatic heterocycles. The van der Waals surface area contributed by atoms with Gasteiger partial charge in [0.25, 0.3) is 5.89 Å². The molecule has 7 nitrogen and oxygen atoms in total. The lowest BCUT2D eigenvalue weighted by molar-refractivity contribution is 0.250. The van der Waals surface area contributed by atoms with Crippen LogP contribution in [0.25, 0.3) is 11.6 Å². The highest BCUT2D eigenvalue weighted by molar-refractivity contribution is 5.79. The maximum absolute atomic E-state index is 5.30. The number of guanidine groups is 1. The fraction of sp³-hybridized carbons (Fsp3) is 0.600. The van der Waals surface area contributed by atoms with Crippen molar-refractivity contribution in [1.82, 2.24) is 25.3 Å². The van der Waals surface area contributed by atoms with Crippen LogP contribution in [0, 0.1) is 11.8 Å². The Morgan fingerprint density at radius 2 is 2.11 bits per heavy atom. The molecule has 0 saturated heterocycles. The van der Waals surface area contributed by atoms with Gasteiger partial charge in [0, 0.05) is 39.8 Å². The van der Waals surface area contributed by atoms with E-state index in [1.807, 2.05) is 25.2 Å². The molecule has 1 aliphatic carbocycles. The Hall–Kier alpha value is -2.44. The highest BCUT2D eigenvalue weighted by atomic mass is 16.5. The summed E-state index contributed by atoms with van der Waals surface area (Å²) in [6.07, 6.45) is 7.73. The van der Waals surface area contributed by atoms with E-state index < -0.39 is 0 Å². The Morgan fingerprint density at radius 1 is 1.30 bits per heavy atom. The minimum absolute atomic E-state index is 0.457. The molecule has 3 rings (SSSR count). The van der Waals surface area contributed by atoms with E-state index in [4.69, 9.17) is 4.52 Å². The van der Waals surface area contributed by atoms with E-state index >= 15 is 0 Å². The largest absolute Gasteiger partial charge is 0.356 e. The van der Waals surface area contributed by atoms with Gasteiger partial charge in [-0.1, -0.05) is 31.0 Å². The molecule has 0 radical (unpaired) electrons. The summed E-state index contributed by atoms with van der Waals surface area (Å²) in [6, 6.07) is 5.62. The summed E-state index contributed by atoms with van der Waals surface area (Å²) in [4.78, 5) is 15.3. The maximum atomic E-state index is 5.30. The number of hydrogen-bond donors (Lipinski definition) is 1. The highest BCUT2D eigenvalue weighted by Crippen LogP contribution is 2.28. The van der Waals surface area contributed by atoms with Crippen molar-refractivity contribution in [2.24, 2.45) is 16.8 Å². The lowest BCUT2D eigenvalue weighted by Crippen LogP contribution is -2.42. The van der Waals surface area contributed by atoms with Crippen LogP contribution in [0.15, 0.2) is 33.9 Å². The number of nitrogens with zero attached hydrogens (tertiary/aromatic N) is 5. The molecular weight excluding hydrogens is 340 g/mol. The van der Waals surface area contributed by atoms with E-state index in [-0.39, 0.29) is 0 Å². The molecule has 0 spiro atoms. The monoisotopic (exact) mass is 370 g/mol. The van der Waals surface area contributed by atoms with Crippen LogP contribution in [0.4, 0.5) is 0 Å². The smallest absolute Gasteiger partial charge is 0.276 e. The Labute approximate surface area is 161 Å². The number of rotatable bonds is 6. The number of aliphatic imine (C=N–C) groups is 1. The van der Waals surface area contributed by atoms with Gasteiger partial charge < -0.3 is 14.7 Å². The summed E-state index contributed by atoms with van der Waals surface area (Å²) in [5, 5.41) is 7.44. The van der Waals surface area contributed by atoms with Gasteiger partial charge >= 0.3 is 0 Å². The van der Waals surface area contributed by atoms with Gasteiger partial charge in [-0.15, -0.1) is 0 Å². The molecule has 27 heavy (non-hydrogen) atoms. The first-order valence-corrected chi connectivity index (χ1v) is 9.81. The normalized spacial score (nSPS) is 20.5. The Bertz CT molecular complexity index is 721. The van der Waals surface area contributed by atoms with Gasteiger partial charge in [-0.25, -0.2) is 0 Å². The van der Waals surface area contributed by atoms with Crippen molar-refractivity contribution >= 4 is 5.96 Å². The predicted molar refractivity (Wildman–Crippen MR) is 106 cm³/mol. The average Bonchev–Trinajstić information content (AvgIpc) is 3.16. The third-order valence-electron chi connectivity index (χ3n) is 5.22. The van der Waals surface area contributed by atoms with Crippen LogP contribution in [0.3, 0.4) is 0 Å². The van der Waals surface area contributed by atoms with Crippen molar-refractivity contribution in [2.45, 2.75) is 39.0 Å². The number of hydrogen-bond acceptors (Lipinski definition) is 5. The maximum Gasteiger partial charge on any atom is 0.276 e. The molecule has 0 bridgehead atoms. The molecule has 7 heteroatoms. The van der Waals surface area contributed by atoms with Gasteiger partial charge in [-0.2, -0.15) is 4.98 Å². The first-order valence-electron chi connectivity index (χ1n) is 9.81. The van der Waals surface area contributed by atoms with Gasteiger partial charge in [0.2, 0.25) is 0 Å². The quantitative estimate of drug-likeness (QED) is 0.622. The van der Waals surface area contributed by atoms with Crippen molar-refractivity contribution in [3.05, 3.63) is 30.2 Å². The van der Waals surface area contributed by atoms with Crippen LogP contribution in [0.1, 0.15) is 38.4 Å². The lowest BCUT2D eigenvalue weighted by atomic mass is 9.83. The van der Waals surface area contributed by atoms with Crippen LogP contribution in [0.5, 0.6) is 0 Å². The first kappa shape index (κ1) is 19.3. The molecule has 146 valence electrons. The molecular formula is C20H30N6O. The van der Waals surface area contributed by atoms with E-state index in [9.17, 15) is 0 Å². The summed E-state index contributed by atoms with van der Waals surface area (Å²) in [7, 11) is 3.94. The molecule has 0 atom stereocenters. The van der Waals surface area contributed by atoms with Gasteiger partial charge in [0.05, 0.1) is 0 Å². The zero-order chi connectivity index (χ0) is 19.1. The Morgan fingerprint density at radius 3 is 2.81 bits per heavy atom. The fourth-order valence-corrected chi connectivity index (χ4v) is 3.61. The molecule has 0 amide bonds. The molecule has 2 aromatic rings. The SMILES string of the molecule is CN=C(NCCc1noc(-c2ccccn2)n1)N(C)CC1CCC(C)CC1. The molecule has 0 unspecified atom stereocenters. The second-order valence-corrected chi connectivity index (χ2v) is 7.46. The summed E-state index contributed by atoms with van der Waals surface area (Å²) in [5.41, 5.74) is 0.696. The number of pyridine rings is 1.